The van der Waals surface area contributed by atoms with Crippen molar-refractivity contribution < 1.29 is 13.2 Å². The first-order valence-corrected chi connectivity index (χ1v) is 10.2. The van der Waals surface area contributed by atoms with Crippen molar-refractivity contribution in [3.63, 3.8) is 0 Å². The molecule has 2 aromatic rings. The van der Waals surface area contributed by atoms with E-state index in [2.05, 4.69) is 0 Å². The van der Waals surface area contributed by atoms with Crippen LogP contribution in [-0.2, 0) is 9.84 Å². The maximum Gasteiger partial charge on any atom is 0.163 e. The van der Waals surface area contributed by atoms with Crippen LogP contribution in [0.25, 0.3) is 0 Å². The molecular weight excluding hydrogens is 332 g/mol. The quantitative estimate of drug-likeness (QED) is 0.545. The highest BCUT2D eigenvalue weighted by atomic mass is 32.2. The van der Waals surface area contributed by atoms with Gasteiger partial charge in [-0.25, -0.2) is 8.42 Å². The molecule has 0 aliphatic carbocycles. The molecule has 0 amide bonds. The van der Waals surface area contributed by atoms with Crippen LogP contribution in [0.2, 0.25) is 0 Å². The van der Waals surface area contributed by atoms with Gasteiger partial charge in [0.05, 0.1) is 5.25 Å². The average Bonchev–Trinajstić information content (AvgIpc) is 2.58. The average molecular weight is 356 g/mol. The van der Waals surface area contributed by atoms with Gasteiger partial charge >= 0.3 is 0 Å². The molecule has 0 aromatic heterocycles. The van der Waals surface area contributed by atoms with Gasteiger partial charge < -0.3 is 0 Å². The molecule has 2 unspecified atom stereocenters. The fraction of sp³-hybridized carbons (Fsp3) is 0.286. The lowest BCUT2D eigenvalue weighted by atomic mass is 9.88. The van der Waals surface area contributed by atoms with Crippen molar-refractivity contribution >= 4 is 15.6 Å². The van der Waals surface area contributed by atoms with E-state index >= 15 is 0 Å². The monoisotopic (exact) mass is 356 g/mol. The summed E-state index contributed by atoms with van der Waals surface area (Å²) >= 11 is 0. The van der Waals surface area contributed by atoms with Gasteiger partial charge in [-0.15, -0.1) is 0 Å². The molecule has 25 heavy (non-hydrogen) atoms. The molecule has 2 rings (SSSR count). The third kappa shape index (κ3) is 5.40. The van der Waals surface area contributed by atoms with Crippen LogP contribution in [0.15, 0.2) is 72.3 Å². The van der Waals surface area contributed by atoms with E-state index in [-0.39, 0.29) is 12.2 Å². The number of Topliss-reactive ketones (excluding diaryl/α,β-unsaturated/α-hetero) is 1. The summed E-state index contributed by atoms with van der Waals surface area (Å²) in [6.45, 7) is 3.75. The predicted octanol–water partition coefficient (Wildman–Crippen LogP) is 4.42. The van der Waals surface area contributed by atoms with Crippen LogP contribution in [-0.4, -0.2) is 25.7 Å². The van der Waals surface area contributed by atoms with Crippen LogP contribution < -0.4 is 0 Å². The Labute approximate surface area is 150 Å². The third-order valence-corrected chi connectivity index (χ3v) is 5.57. The lowest BCUT2D eigenvalue weighted by Gasteiger charge is -2.24. The molecule has 0 radical (unpaired) electrons. The second-order valence-electron chi connectivity index (χ2n) is 6.55. The highest BCUT2D eigenvalue weighted by Crippen LogP contribution is 2.31. The van der Waals surface area contributed by atoms with Gasteiger partial charge in [-0.3, -0.25) is 4.79 Å². The van der Waals surface area contributed by atoms with Crippen molar-refractivity contribution in [3.05, 3.63) is 83.4 Å². The predicted molar refractivity (Wildman–Crippen MR) is 103 cm³/mol. The minimum Gasteiger partial charge on any atom is -0.294 e. The molecule has 132 valence electrons. The summed E-state index contributed by atoms with van der Waals surface area (Å²) in [6.07, 6.45) is 3.14. The zero-order valence-corrected chi connectivity index (χ0v) is 15.7. The number of sulfone groups is 1. The van der Waals surface area contributed by atoms with E-state index in [4.69, 9.17) is 0 Å². The summed E-state index contributed by atoms with van der Waals surface area (Å²) < 4.78 is 24.9. The zero-order chi connectivity index (χ0) is 18.4. The van der Waals surface area contributed by atoms with Crippen LogP contribution in [0.5, 0.6) is 0 Å². The first-order valence-electron chi connectivity index (χ1n) is 8.26. The Morgan fingerprint density at radius 3 is 1.96 bits per heavy atom. The fourth-order valence-electron chi connectivity index (χ4n) is 2.93. The lowest BCUT2D eigenvalue weighted by Crippen LogP contribution is -2.28. The van der Waals surface area contributed by atoms with E-state index in [9.17, 15) is 13.2 Å². The summed E-state index contributed by atoms with van der Waals surface area (Å²) in [4.78, 5) is 12.7. The van der Waals surface area contributed by atoms with Crippen molar-refractivity contribution in [1.82, 2.24) is 0 Å². The van der Waals surface area contributed by atoms with Gasteiger partial charge in [0.1, 0.15) is 0 Å². The normalized spacial score (nSPS) is 13.7. The summed E-state index contributed by atoms with van der Waals surface area (Å²) in [5.74, 6) is -0.468. The van der Waals surface area contributed by atoms with E-state index in [0.717, 1.165) is 11.1 Å². The maximum absolute atomic E-state index is 12.7. The lowest BCUT2D eigenvalue weighted by molar-refractivity contribution is 0.0974. The summed E-state index contributed by atoms with van der Waals surface area (Å²) in [5.41, 5.74) is 2.39. The van der Waals surface area contributed by atoms with Crippen LogP contribution in [0.1, 0.15) is 42.1 Å². The van der Waals surface area contributed by atoms with E-state index < -0.39 is 21.0 Å². The van der Waals surface area contributed by atoms with Crippen LogP contribution in [0.4, 0.5) is 0 Å². The molecule has 0 heterocycles. The van der Waals surface area contributed by atoms with Crippen LogP contribution in [0, 0.1) is 0 Å². The molecular formula is C21H24O3S. The molecule has 0 aliphatic rings. The molecule has 0 saturated heterocycles. The molecule has 2 aromatic carbocycles. The van der Waals surface area contributed by atoms with Crippen molar-refractivity contribution in [1.29, 1.82) is 0 Å². The van der Waals surface area contributed by atoms with Crippen LogP contribution >= 0.6 is 0 Å². The van der Waals surface area contributed by atoms with Gasteiger partial charge in [0.25, 0.3) is 0 Å². The Bertz CT molecular complexity index is 833. The molecule has 0 spiro atoms. The van der Waals surface area contributed by atoms with Gasteiger partial charge in [-0.2, -0.15) is 0 Å². The van der Waals surface area contributed by atoms with Crippen molar-refractivity contribution in [2.75, 3.05) is 6.26 Å². The number of carbonyl (C=O) groups is 1. The number of carbonyl (C=O) groups excluding carboxylic acids is 1. The molecule has 2 atom stereocenters. The Kier molecular flexibility index (Phi) is 6.32. The van der Waals surface area contributed by atoms with E-state index in [1.165, 1.54) is 6.26 Å². The number of hydrogen-bond donors (Lipinski definition) is 0. The van der Waals surface area contributed by atoms with Gasteiger partial charge in [-0.05, 0) is 19.4 Å². The van der Waals surface area contributed by atoms with Crippen molar-refractivity contribution in [2.24, 2.45) is 0 Å². The maximum atomic E-state index is 12.7. The molecule has 0 saturated carbocycles. The Morgan fingerprint density at radius 2 is 1.48 bits per heavy atom. The topological polar surface area (TPSA) is 51.2 Å². The molecule has 3 nitrogen and oxygen atoms in total. The van der Waals surface area contributed by atoms with Gasteiger partial charge in [0.2, 0.25) is 0 Å². The Balaban J connectivity index is 2.46. The minimum atomic E-state index is -3.36. The molecule has 0 fully saturated rings. The SMILES string of the molecule is CC(C)=CC(C(CC(=O)c1ccccc1)c1ccccc1)S(C)(=O)=O. The standard InChI is InChI=1S/C21H24O3S/c1-16(2)14-21(25(3,23)24)19(17-10-6-4-7-11-17)15-20(22)18-12-8-5-9-13-18/h4-14,19,21H,15H2,1-3H3. The van der Waals surface area contributed by atoms with Crippen molar-refractivity contribution in [3.8, 4) is 0 Å². The van der Waals surface area contributed by atoms with Crippen LogP contribution in [0.3, 0.4) is 0 Å². The second kappa shape index (κ2) is 8.26. The first-order chi connectivity index (χ1) is 11.8. The van der Waals surface area contributed by atoms with Gasteiger partial charge in [-0.1, -0.05) is 72.3 Å². The number of hydrogen-bond acceptors (Lipinski definition) is 3. The first kappa shape index (κ1) is 19.1. The zero-order valence-electron chi connectivity index (χ0n) is 14.8. The number of ketones is 1. The highest BCUT2D eigenvalue weighted by Gasteiger charge is 2.31. The van der Waals surface area contributed by atoms with Gasteiger partial charge in [0.15, 0.2) is 15.6 Å². The van der Waals surface area contributed by atoms with Gasteiger partial charge in [0, 0.05) is 24.2 Å². The molecule has 0 bridgehead atoms. The summed E-state index contributed by atoms with van der Waals surface area (Å²) in [7, 11) is -3.36. The molecule has 0 aliphatic heterocycles. The van der Waals surface area contributed by atoms with Crippen molar-refractivity contribution in [2.45, 2.75) is 31.4 Å². The minimum absolute atomic E-state index is 0.0507. The highest BCUT2D eigenvalue weighted by molar-refractivity contribution is 7.91. The van der Waals surface area contributed by atoms with E-state index in [0.29, 0.717) is 5.56 Å². The molecule has 0 N–H and O–H groups in total. The molecule has 4 heteroatoms. The van der Waals surface area contributed by atoms with E-state index in [1.54, 1.807) is 18.2 Å². The number of rotatable bonds is 7. The van der Waals surface area contributed by atoms with E-state index in [1.807, 2.05) is 62.4 Å². The fourth-order valence-corrected chi connectivity index (χ4v) is 4.30. The third-order valence-electron chi connectivity index (χ3n) is 4.12. The summed E-state index contributed by atoms with van der Waals surface area (Å²) in [5, 5.41) is -0.729. The smallest absolute Gasteiger partial charge is 0.163 e. The largest absolute Gasteiger partial charge is 0.294 e. The summed E-state index contributed by atoms with van der Waals surface area (Å²) in [6, 6.07) is 18.4. The Hall–Kier alpha value is -2.20. The number of allylic oxidation sites excluding steroid dienone is 1. The number of benzene rings is 2. The second-order valence-corrected chi connectivity index (χ2v) is 8.75. The Morgan fingerprint density at radius 1 is 0.960 bits per heavy atom.